The maximum Gasteiger partial charge on any atom is 0.0847 e. The minimum atomic E-state index is 0.301. The number of nitrogens with zero attached hydrogens (tertiary/aromatic N) is 1. The lowest BCUT2D eigenvalue weighted by Gasteiger charge is -1.97. The van der Waals surface area contributed by atoms with Crippen molar-refractivity contribution >= 4 is 11.9 Å². The third-order valence-electron chi connectivity index (χ3n) is 2.19. The van der Waals surface area contributed by atoms with E-state index < -0.39 is 0 Å². The van der Waals surface area contributed by atoms with Crippen LogP contribution in [0.25, 0.3) is 0 Å². The molecular weight excluding hydrogens is 182 g/mol. The number of rotatable bonds is 2. The lowest BCUT2D eigenvalue weighted by Crippen LogP contribution is -1.79. The highest BCUT2D eigenvalue weighted by Gasteiger charge is 1.91. The van der Waals surface area contributed by atoms with Crippen LogP contribution in [-0.2, 0) is 0 Å². The minimum absolute atomic E-state index is 0.301. The third-order valence-corrected chi connectivity index (χ3v) is 2.19. The highest BCUT2D eigenvalue weighted by molar-refractivity contribution is 5.82. The molecule has 0 aromatic heterocycles. The van der Waals surface area contributed by atoms with Crippen molar-refractivity contribution in [1.29, 1.82) is 0 Å². The van der Waals surface area contributed by atoms with E-state index in [-0.39, 0.29) is 0 Å². The zero-order valence-corrected chi connectivity index (χ0v) is 8.64. The average molecular weight is 196 g/mol. The fourth-order valence-electron chi connectivity index (χ4n) is 1.33. The number of aliphatic imine (C=N–C) groups is 1. The van der Waals surface area contributed by atoms with Crippen LogP contribution in [0, 0.1) is 6.92 Å². The number of aryl methyl sites for hydroxylation is 1. The normalized spacial score (nSPS) is 12.3. The number of para-hydroxylation sites is 1. The van der Waals surface area contributed by atoms with Crippen molar-refractivity contribution < 1.29 is 1.37 Å². The summed E-state index contributed by atoms with van der Waals surface area (Å²) in [6.45, 7) is 2.00. The Morgan fingerprint density at radius 1 is 1.00 bits per heavy atom. The Labute approximate surface area is 91.5 Å². The first-order valence-corrected chi connectivity index (χ1v) is 4.94. The summed E-state index contributed by atoms with van der Waals surface area (Å²) in [7, 11) is 0. The van der Waals surface area contributed by atoms with Gasteiger partial charge in [0.2, 0.25) is 0 Å². The van der Waals surface area contributed by atoms with Crippen molar-refractivity contribution in [3.8, 4) is 0 Å². The molecule has 0 saturated carbocycles. The van der Waals surface area contributed by atoms with Crippen LogP contribution < -0.4 is 0 Å². The van der Waals surface area contributed by atoms with Gasteiger partial charge in [-0.1, -0.05) is 48.5 Å². The lowest BCUT2D eigenvalue weighted by molar-refractivity contribution is 1.40. The molecule has 0 radical (unpaired) electrons. The van der Waals surface area contributed by atoms with E-state index in [9.17, 15) is 0 Å². The van der Waals surface area contributed by atoms with Crippen molar-refractivity contribution in [2.24, 2.45) is 4.99 Å². The molecule has 15 heavy (non-hydrogen) atoms. The maximum atomic E-state index is 7.90. The molecule has 0 unspecified atom stereocenters. The van der Waals surface area contributed by atoms with Gasteiger partial charge in [0.05, 0.1) is 7.06 Å². The summed E-state index contributed by atoms with van der Waals surface area (Å²) in [6.07, 6.45) is 0.301. The van der Waals surface area contributed by atoms with Crippen LogP contribution in [0.2, 0.25) is 0 Å². The Balaban J connectivity index is 2.36. The molecular formula is C14H13N. The summed E-state index contributed by atoms with van der Waals surface area (Å²) >= 11 is 0. The van der Waals surface area contributed by atoms with Crippen molar-refractivity contribution in [3.63, 3.8) is 0 Å². The molecule has 0 saturated heterocycles. The molecule has 2 aromatic carbocycles. The molecule has 1 heteroatoms. The van der Waals surface area contributed by atoms with Gasteiger partial charge in [-0.2, -0.15) is 0 Å². The summed E-state index contributed by atoms with van der Waals surface area (Å²) < 4.78 is 7.90. The highest BCUT2D eigenvalue weighted by atomic mass is 14.7. The van der Waals surface area contributed by atoms with Crippen LogP contribution in [0.5, 0.6) is 0 Å². The molecule has 0 heterocycles. The second kappa shape index (κ2) is 4.56. The smallest absolute Gasteiger partial charge is 0.0847 e. The van der Waals surface area contributed by atoms with Gasteiger partial charge in [0.25, 0.3) is 0 Å². The Morgan fingerprint density at radius 2 is 1.67 bits per heavy atom. The zero-order valence-electron chi connectivity index (χ0n) is 9.64. The topological polar surface area (TPSA) is 12.4 Å². The van der Waals surface area contributed by atoms with Gasteiger partial charge in [0.1, 0.15) is 0 Å². The van der Waals surface area contributed by atoms with E-state index in [1.54, 1.807) is 0 Å². The number of hydrogen-bond donors (Lipinski definition) is 0. The van der Waals surface area contributed by atoms with Gasteiger partial charge >= 0.3 is 0 Å². The summed E-state index contributed by atoms with van der Waals surface area (Å²) in [4.78, 5) is 4.31. The first-order chi connectivity index (χ1) is 7.77. The van der Waals surface area contributed by atoms with Crippen LogP contribution >= 0.6 is 0 Å². The van der Waals surface area contributed by atoms with Gasteiger partial charge in [-0.3, -0.25) is 4.99 Å². The average Bonchev–Trinajstić information content (AvgIpc) is 2.33. The molecule has 0 spiro atoms. The monoisotopic (exact) mass is 196 g/mol. The van der Waals surface area contributed by atoms with Gasteiger partial charge < -0.3 is 0 Å². The molecule has 0 amide bonds. The van der Waals surface area contributed by atoms with E-state index >= 15 is 0 Å². The van der Waals surface area contributed by atoms with Crippen molar-refractivity contribution in [2.45, 2.75) is 6.92 Å². The second-order valence-electron chi connectivity index (χ2n) is 3.38. The van der Waals surface area contributed by atoms with Crippen molar-refractivity contribution in [3.05, 3.63) is 65.7 Å². The molecule has 0 bridgehead atoms. The zero-order chi connectivity index (χ0) is 11.4. The molecule has 0 atom stereocenters. The molecule has 0 fully saturated rings. The Hall–Kier alpha value is -1.89. The van der Waals surface area contributed by atoms with E-state index in [4.69, 9.17) is 1.37 Å². The van der Waals surface area contributed by atoms with E-state index in [1.807, 2.05) is 61.5 Å². The molecule has 2 aromatic rings. The maximum absolute atomic E-state index is 7.90. The van der Waals surface area contributed by atoms with Crippen LogP contribution in [0.1, 0.15) is 12.5 Å². The van der Waals surface area contributed by atoms with Crippen molar-refractivity contribution in [2.75, 3.05) is 0 Å². The van der Waals surface area contributed by atoms with Crippen LogP contribution in [0.15, 0.2) is 59.6 Å². The Morgan fingerprint density at radius 3 is 2.40 bits per heavy atom. The van der Waals surface area contributed by atoms with E-state index in [0.29, 0.717) is 6.19 Å². The Bertz CT molecular complexity index is 503. The van der Waals surface area contributed by atoms with E-state index in [1.165, 1.54) is 0 Å². The minimum Gasteiger partial charge on any atom is -0.256 e. The van der Waals surface area contributed by atoms with Crippen LogP contribution in [-0.4, -0.2) is 6.19 Å². The highest BCUT2D eigenvalue weighted by Crippen LogP contribution is 2.16. The van der Waals surface area contributed by atoms with Crippen molar-refractivity contribution in [1.82, 2.24) is 0 Å². The van der Waals surface area contributed by atoms with Crippen LogP contribution in [0.3, 0.4) is 0 Å². The third kappa shape index (κ3) is 2.53. The Kier molecular flexibility index (Phi) is 2.56. The first-order valence-electron chi connectivity index (χ1n) is 5.44. The molecule has 0 aliphatic heterocycles. The quantitative estimate of drug-likeness (QED) is 0.649. The number of hydrogen-bond acceptors (Lipinski definition) is 1. The second-order valence-corrected chi connectivity index (χ2v) is 3.38. The SMILES string of the molecule is [2H]/C(=N\c1ccccc1C)c1ccccc1. The van der Waals surface area contributed by atoms with Gasteiger partial charge in [-0.05, 0) is 24.1 Å². The molecule has 0 aliphatic carbocycles. The molecule has 1 nitrogen and oxygen atoms in total. The molecule has 0 aliphatic rings. The molecule has 2 rings (SSSR count). The summed E-state index contributed by atoms with van der Waals surface area (Å²) in [5.41, 5.74) is 2.78. The first kappa shape index (κ1) is 8.42. The fourth-order valence-corrected chi connectivity index (χ4v) is 1.33. The van der Waals surface area contributed by atoms with Crippen LogP contribution in [0.4, 0.5) is 5.69 Å². The van der Waals surface area contributed by atoms with E-state index in [2.05, 4.69) is 4.99 Å². The fraction of sp³-hybridized carbons (Fsp3) is 0.0714. The summed E-state index contributed by atoms with van der Waals surface area (Å²) in [5.74, 6) is 0. The van der Waals surface area contributed by atoms with Gasteiger partial charge in [0, 0.05) is 6.19 Å². The summed E-state index contributed by atoms with van der Waals surface area (Å²) in [5, 5.41) is 0. The van der Waals surface area contributed by atoms with Gasteiger partial charge in [-0.25, -0.2) is 0 Å². The molecule has 74 valence electrons. The van der Waals surface area contributed by atoms with Gasteiger partial charge in [0.15, 0.2) is 0 Å². The number of benzene rings is 2. The lowest BCUT2D eigenvalue weighted by atomic mass is 10.2. The predicted octanol–water partition coefficient (Wildman–Crippen LogP) is 3.75. The largest absolute Gasteiger partial charge is 0.256 e. The predicted molar refractivity (Wildman–Crippen MR) is 64.9 cm³/mol. The summed E-state index contributed by atoms with van der Waals surface area (Å²) in [6, 6.07) is 17.4. The standard InChI is InChI=1S/C14H13N/c1-12-7-5-6-10-14(12)15-11-13-8-3-2-4-9-13/h2-11H,1H3/b15-11+/i11D. The van der Waals surface area contributed by atoms with Gasteiger partial charge in [-0.15, -0.1) is 0 Å². The van der Waals surface area contributed by atoms with E-state index in [0.717, 1.165) is 16.8 Å². The molecule has 0 N–H and O–H groups in total.